The number of amides is 2. The molecule has 2 aliphatic heterocycles. The van der Waals surface area contributed by atoms with Gasteiger partial charge in [0.2, 0.25) is 5.91 Å². The van der Waals surface area contributed by atoms with E-state index in [4.69, 9.17) is 0 Å². The number of rotatable bonds is 3. The van der Waals surface area contributed by atoms with E-state index in [0.717, 1.165) is 29.5 Å². The SMILES string of the molecule is Cc1cccc(N2CCN(C(=O)CN3C(=O)c4cccc5cccc3c45)CC2)c1C. The van der Waals surface area contributed by atoms with Crippen molar-refractivity contribution in [3.05, 3.63) is 71.3 Å². The summed E-state index contributed by atoms with van der Waals surface area (Å²) in [6.07, 6.45) is 0. The maximum atomic E-state index is 13.0. The minimum Gasteiger partial charge on any atom is -0.368 e. The molecule has 0 radical (unpaired) electrons. The number of benzene rings is 3. The Morgan fingerprint density at radius 3 is 2.30 bits per heavy atom. The van der Waals surface area contributed by atoms with Gasteiger partial charge in [-0.05, 0) is 48.6 Å². The fourth-order valence-electron chi connectivity index (χ4n) is 4.65. The second-order valence-corrected chi connectivity index (χ2v) is 8.16. The molecule has 1 fully saturated rings. The molecule has 30 heavy (non-hydrogen) atoms. The van der Waals surface area contributed by atoms with Crippen molar-refractivity contribution in [3.63, 3.8) is 0 Å². The highest BCUT2D eigenvalue weighted by Crippen LogP contribution is 2.37. The van der Waals surface area contributed by atoms with Gasteiger partial charge in [0.25, 0.3) is 5.91 Å². The maximum Gasteiger partial charge on any atom is 0.259 e. The van der Waals surface area contributed by atoms with Crippen LogP contribution in [0, 0.1) is 13.8 Å². The van der Waals surface area contributed by atoms with Crippen molar-refractivity contribution in [2.45, 2.75) is 13.8 Å². The van der Waals surface area contributed by atoms with Gasteiger partial charge < -0.3 is 9.80 Å². The van der Waals surface area contributed by atoms with Gasteiger partial charge in [0.15, 0.2) is 0 Å². The lowest BCUT2D eigenvalue weighted by Crippen LogP contribution is -2.51. The van der Waals surface area contributed by atoms with Crippen LogP contribution >= 0.6 is 0 Å². The molecule has 152 valence electrons. The minimum absolute atomic E-state index is 0.00812. The number of nitrogens with zero attached hydrogens (tertiary/aromatic N) is 3. The van der Waals surface area contributed by atoms with Crippen molar-refractivity contribution in [3.8, 4) is 0 Å². The Labute approximate surface area is 176 Å². The standard InChI is InChI=1S/C25H25N3O2/c1-17-6-3-10-21(18(17)2)26-12-14-27(15-13-26)23(29)16-28-22-11-5-8-19-7-4-9-20(24(19)22)25(28)30/h3-11H,12-16H2,1-2H3. The summed E-state index contributed by atoms with van der Waals surface area (Å²) in [5, 5.41) is 1.99. The molecule has 2 amide bonds. The fourth-order valence-corrected chi connectivity index (χ4v) is 4.65. The summed E-state index contributed by atoms with van der Waals surface area (Å²) in [6, 6.07) is 18.0. The number of hydrogen-bond donors (Lipinski definition) is 0. The molecule has 2 aliphatic rings. The minimum atomic E-state index is -0.0795. The van der Waals surface area contributed by atoms with Gasteiger partial charge in [-0.15, -0.1) is 0 Å². The maximum absolute atomic E-state index is 13.0. The van der Waals surface area contributed by atoms with Crippen LogP contribution in [0.4, 0.5) is 11.4 Å². The van der Waals surface area contributed by atoms with Crippen molar-refractivity contribution >= 4 is 34.0 Å². The second-order valence-electron chi connectivity index (χ2n) is 8.16. The predicted molar refractivity (Wildman–Crippen MR) is 120 cm³/mol. The highest BCUT2D eigenvalue weighted by atomic mass is 16.2. The van der Waals surface area contributed by atoms with Crippen LogP contribution in [0.15, 0.2) is 54.6 Å². The van der Waals surface area contributed by atoms with E-state index in [9.17, 15) is 9.59 Å². The first-order chi connectivity index (χ1) is 14.5. The zero-order valence-electron chi connectivity index (χ0n) is 17.4. The third-order valence-corrected chi connectivity index (χ3v) is 6.49. The monoisotopic (exact) mass is 399 g/mol. The van der Waals surface area contributed by atoms with E-state index in [1.807, 2.05) is 41.3 Å². The molecular formula is C25H25N3O2. The van der Waals surface area contributed by atoms with E-state index in [-0.39, 0.29) is 18.4 Å². The van der Waals surface area contributed by atoms with Crippen LogP contribution in [-0.4, -0.2) is 49.4 Å². The summed E-state index contributed by atoms with van der Waals surface area (Å²) in [4.78, 5) is 31.9. The van der Waals surface area contributed by atoms with E-state index in [1.165, 1.54) is 16.8 Å². The molecule has 3 aromatic carbocycles. The molecule has 0 aliphatic carbocycles. The summed E-state index contributed by atoms with van der Waals surface area (Å²) in [5.74, 6) is -0.0713. The van der Waals surface area contributed by atoms with E-state index >= 15 is 0 Å². The first-order valence-corrected chi connectivity index (χ1v) is 10.5. The average Bonchev–Trinajstić information content (AvgIpc) is 3.04. The van der Waals surface area contributed by atoms with Gasteiger partial charge in [0.1, 0.15) is 6.54 Å². The van der Waals surface area contributed by atoms with Gasteiger partial charge in [-0.2, -0.15) is 0 Å². The van der Waals surface area contributed by atoms with Crippen LogP contribution in [0.3, 0.4) is 0 Å². The topological polar surface area (TPSA) is 43.9 Å². The zero-order chi connectivity index (χ0) is 20.8. The molecule has 0 aromatic heterocycles. The number of aryl methyl sites for hydroxylation is 1. The smallest absolute Gasteiger partial charge is 0.259 e. The first-order valence-electron chi connectivity index (χ1n) is 10.5. The Bertz CT molecular complexity index is 1160. The van der Waals surface area contributed by atoms with Crippen LogP contribution in [0.5, 0.6) is 0 Å². The Kier molecular flexibility index (Phi) is 4.46. The summed E-state index contributed by atoms with van der Waals surface area (Å²) < 4.78 is 0. The van der Waals surface area contributed by atoms with Gasteiger partial charge in [0.05, 0.1) is 5.69 Å². The molecule has 5 heteroatoms. The number of carbonyl (C=O) groups excluding carboxylic acids is 2. The molecule has 3 aromatic rings. The number of piperazine rings is 1. The van der Waals surface area contributed by atoms with Crippen molar-refractivity contribution < 1.29 is 9.59 Å². The van der Waals surface area contributed by atoms with Crippen LogP contribution in [0.1, 0.15) is 21.5 Å². The summed E-state index contributed by atoms with van der Waals surface area (Å²) in [5.41, 5.74) is 5.36. The lowest BCUT2D eigenvalue weighted by atomic mass is 10.1. The van der Waals surface area contributed by atoms with Crippen molar-refractivity contribution in [2.24, 2.45) is 0 Å². The largest absolute Gasteiger partial charge is 0.368 e. The number of carbonyl (C=O) groups is 2. The molecule has 5 nitrogen and oxygen atoms in total. The van der Waals surface area contributed by atoms with E-state index in [1.54, 1.807) is 4.90 Å². The molecule has 0 unspecified atom stereocenters. The number of anilines is 2. The second kappa shape index (κ2) is 7.17. The van der Waals surface area contributed by atoms with Gasteiger partial charge >= 0.3 is 0 Å². The third kappa shape index (κ3) is 2.93. The summed E-state index contributed by atoms with van der Waals surface area (Å²) in [6.45, 7) is 7.33. The molecule has 0 N–H and O–H groups in total. The Hall–Kier alpha value is -3.34. The molecule has 5 rings (SSSR count). The van der Waals surface area contributed by atoms with Crippen LogP contribution < -0.4 is 9.80 Å². The van der Waals surface area contributed by atoms with Gasteiger partial charge in [-0.3, -0.25) is 14.5 Å². The van der Waals surface area contributed by atoms with E-state index in [0.29, 0.717) is 18.7 Å². The van der Waals surface area contributed by atoms with Crippen molar-refractivity contribution in [1.29, 1.82) is 0 Å². The van der Waals surface area contributed by atoms with Gasteiger partial charge in [-0.25, -0.2) is 0 Å². The molecular weight excluding hydrogens is 374 g/mol. The Morgan fingerprint density at radius 2 is 1.53 bits per heavy atom. The molecule has 0 atom stereocenters. The lowest BCUT2D eigenvalue weighted by molar-refractivity contribution is -0.129. The van der Waals surface area contributed by atoms with Crippen LogP contribution in [0.25, 0.3) is 10.8 Å². The molecule has 1 saturated heterocycles. The molecule has 0 saturated carbocycles. The van der Waals surface area contributed by atoms with Crippen molar-refractivity contribution in [2.75, 3.05) is 42.5 Å². The summed E-state index contributed by atoms with van der Waals surface area (Å²) in [7, 11) is 0. The highest BCUT2D eigenvalue weighted by molar-refractivity contribution is 6.26. The van der Waals surface area contributed by atoms with Crippen LogP contribution in [0.2, 0.25) is 0 Å². The Morgan fingerprint density at radius 1 is 0.867 bits per heavy atom. The van der Waals surface area contributed by atoms with Crippen molar-refractivity contribution in [1.82, 2.24) is 4.90 Å². The van der Waals surface area contributed by atoms with E-state index in [2.05, 4.69) is 36.9 Å². The first kappa shape index (κ1) is 18.7. The zero-order valence-corrected chi connectivity index (χ0v) is 17.4. The fraction of sp³-hybridized carbons (Fsp3) is 0.280. The molecule has 2 heterocycles. The predicted octanol–water partition coefficient (Wildman–Crippen LogP) is 3.77. The third-order valence-electron chi connectivity index (χ3n) is 6.49. The average molecular weight is 399 g/mol. The normalized spacial score (nSPS) is 15.9. The molecule has 0 bridgehead atoms. The summed E-state index contributed by atoms with van der Waals surface area (Å²) >= 11 is 0. The molecule has 0 spiro atoms. The van der Waals surface area contributed by atoms with Gasteiger partial charge in [0, 0.05) is 42.8 Å². The van der Waals surface area contributed by atoms with Gasteiger partial charge in [-0.1, -0.05) is 36.4 Å². The van der Waals surface area contributed by atoms with Crippen LogP contribution in [-0.2, 0) is 4.79 Å². The highest BCUT2D eigenvalue weighted by Gasteiger charge is 2.32. The Balaban J connectivity index is 1.29. The lowest BCUT2D eigenvalue weighted by Gasteiger charge is -2.37. The number of hydrogen-bond acceptors (Lipinski definition) is 3. The van der Waals surface area contributed by atoms with E-state index < -0.39 is 0 Å². The quantitative estimate of drug-likeness (QED) is 0.674.